The molecule has 3 fully saturated rings. The van der Waals surface area contributed by atoms with Gasteiger partial charge in [0.25, 0.3) is 0 Å². The molecule has 1 amide bonds. The quantitative estimate of drug-likeness (QED) is 0.797. The molecule has 2 atom stereocenters. The van der Waals surface area contributed by atoms with E-state index in [1.807, 2.05) is 0 Å². The number of nitrogens with two attached hydrogens (primary N) is 1. The average Bonchev–Trinajstić information content (AvgIpc) is 3.11. The van der Waals surface area contributed by atoms with E-state index in [2.05, 4.69) is 22.2 Å². The summed E-state index contributed by atoms with van der Waals surface area (Å²) in [6, 6.07) is 0. The van der Waals surface area contributed by atoms with Gasteiger partial charge in [0, 0.05) is 18.0 Å². The minimum absolute atomic E-state index is 0.152. The van der Waals surface area contributed by atoms with Crippen molar-refractivity contribution in [1.82, 2.24) is 15.1 Å². The van der Waals surface area contributed by atoms with E-state index in [0.29, 0.717) is 12.5 Å². The van der Waals surface area contributed by atoms with Crippen LogP contribution in [-0.4, -0.2) is 67.6 Å². The van der Waals surface area contributed by atoms with Crippen LogP contribution < -0.4 is 11.1 Å². The molecule has 2 heterocycles. The topological polar surface area (TPSA) is 61.6 Å². The Balaban J connectivity index is 1.62. The molecule has 1 aliphatic carbocycles. The summed E-state index contributed by atoms with van der Waals surface area (Å²) in [5, 5.41) is 3.36. The smallest absolute Gasteiger partial charge is 0.223 e. The van der Waals surface area contributed by atoms with Crippen LogP contribution in [0, 0.1) is 11.8 Å². The van der Waals surface area contributed by atoms with Crippen molar-refractivity contribution < 1.29 is 4.79 Å². The molecule has 138 valence electrons. The van der Waals surface area contributed by atoms with Crippen LogP contribution in [0.3, 0.4) is 0 Å². The van der Waals surface area contributed by atoms with Crippen LogP contribution >= 0.6 is 0 Å². The minimum atomic E-state index is 0.152. The van der Waals surface area contributed by atoms with Gasteiger partial charge in [0.05, 0.1) is 0 Å². The van der Waals surface area contributed by atoms with E-state index in [0.717, 1.165) is 38.9 Å². The van der Waals surface area contributed by atoms with Gasteiger partial charge in [-0.3, -0.25) is 9.69 Å². The first-order valence-electron chi connectivity index (χ1n) is 10.1. The van der Waals surface area contributed by atoms with Crippen LogP contribution in [0.15, 0.2) is 0 Å². The zero-order chi connectivity index (χ0) is 17.0. The first-order chi connectivity index (χ1) is 11.6. The molecular formula is C19H36N4O. The highest BCUT2D eigenvalue weighted by Crippen LogP contribution is 2.33. The highest BCUT2D eigenvalue weighted by molar-refractivity contribution is 5.79. The molecule has 0 aromatic rings. The molecule has 0 bridgehead atoms. The number of nitrogens with zero attached hydrogens (tertiary/aromatic N) is 2. The molecule has 0 aromatic carbocycles. The minimum Gasteiger partial charge on any atom is -0.354 e. The summed E-state index contributed by atoms with van der Waals surface area (Å²) in [4.78, 5) is 17.9. The predicted molar refractivity (Wildman–Crippen MR) is 97.8 cm³/mol. The van der Waals surface area contributed by atoms with Crippen molar-refractivity contribution in [3.05, 3.63) is 0 Å². The molecule has 3 N–H and O–H groups in total. The van der Waals surface area contributed by atoms with E-state index in [9.17, 15) is 4.79 Å². The number of piperidine rings is 2. The van der Waals surface area contributed by atoms with Crippen LogP contribution in [0.5, 0.6) is 0 Å². The number of rotatable bonds is 5. The van der Waals surface area contributed by atoms with Gasteiger partial charge in [-0.1, -0.05) is 12.8 Å². The maximum atomic E-state index is 12.8. The van der Waals surface area contributed by atoms with Crippen molar-refractivity contribution in [2.75, 3.05) is 46.3 Å². The standard InChI is InChI=1S/C19H36N4O/c1-22-12-8-19(9-13-22,23-10-3-2-4-11-23)15-21-18(24)17-7-5-6-16(17)14-20/h16-17H,2-15,20H2,1H3,(H,21,24)/t16-,17-/m1/s1. The van der Waals surface area contributed by atoms with E-state index in [4.69, 9.17) is 5.73 Å². The van der Waals surface area contributed by atoms with Gasteiger partial charge in [-0.05, 0) is 84.2 Å². The van der Waals surface area contributed by atoms with Gasteiger partial charge in [0.15, 0.2) is 0 Å². The maximum Gasteiger partial charge on any atom is 0.223 e. The van der Waals surface area contributed by atoms with Gasteiger partial charge in [-0.15, -0.1) is 0 Å². The molecule has 5 heteroatoms. The SMILES string of the molecule is CN1CCC(CNC(=O)[C@@H]2CCC[C@@H]2CN)(N2CCCCC2)CC1. The van der Waals surface area contributed by atoms with Crippen molar-refractivity contribution in [1.29, 1.82) is 0 Å². The Labute approximate surface area is 147 Å². The normalized spacial score (nSPS) is 31.9. The molecule has 0 unspecified atom stereocenters. The van der Waals surface area contributed by atoms with Gasteiger partial charge in [-0.2, -0.15) is 0 Å². The second kappa shape index (κ2) is 8.15. The van der Waals surface area contributed by atoms with Crippen LogP contribution in [0.4, 0.5) is 0 Å². The fraction of sp³-hybridized carbons (Fsp3) is 0.947. The lowest BCUT2D eigenvalue weighted by atomic mass is 9.83. The molecule has 5 nitrogen and oxygen atoms in total. The third-order valence-electron chi connectivity index (χ3n) is 6.83. The number of amides is 1. The van der Waals surface area contributed by atoms with Crippen molar-refractivity contribution >= 4 is 5.91 Å². The van der Waals surface area contributed by atoms with Crippen LogP contribution in [0.25, 0.3) is 0 Å². The van der Waals surface area contributed by atoms with E-state index >= 15 is 0 Å². The summed E-state index contributed by atoms with van der Waals surface area (Å²) in [6.45, 7) is 6.17. The van der Waals surface area contributed by atoms with Gasteiger partial charge in [0.1, 0.15) is 0 Å². The van der Waals surface area contributed by atoms with E-state index in [-0.39, 0.29) is 17.4 Å². The zero-order valence-corrected chi connectivity index (χ0v) is 15.4. The Morgan fingerprint density at radius 3 is 2.46 bits per heavy atom. The highest BCUT2D eigenvalue weighted by Gasteiger charge is 2.41. The second-order valence-corrected chi connectivity index (χ2v) is 8.33. The van der Waals surface area contributed by atoms with Crippen molar-refractivity contribution in [3.63, 3.8) is 0 Å². The van der Waals surface area contributed by atoms with Crippen LogP contribution in [0.2, 0.25) is 0 Å². The largest absolute Gasteiger partial charge is 0.354 e. The zero-order valence-electron chi connectivity index (χ0n) is 15.4. The van der Waals surface area contributed by atoms with Gasteiger partial charge >= 0.3 is 0 Å². The Hall–Kier alpha value is -0.650. The summed E-state index contributed by atoms with van der Waals surface area (Å²) in [6.07, 6.45) is 9.63. The molecule has 3 rings (SSSR count). The fourth-order valence-corrected chi connectivity index (χ4v) is 5.05. The Morgan fingerprint density at radius 1 is 1.08 bits per heavy atom. The number of nitrogens with one attached hydrogen (secondary N) is 1. The second-order valence-electron chi connectivity index (χ2n) is 8.33. The molecule has 3 aliphatic rings. The van der Waals surface area contributed by atoms with Gasteiger partial charge in [0.2, 0.25) is 5.91 Å². The van der Waals surface area contributed by atoms with Crippen molar-refractivity contribution in [2.45, 2.75) is 56.9 Å². The number of hydrogen-bond acceptors (Lipinski definition) is 4. The van der Waals surface area contributed by atoms with Crippen molar-refractivity contribution in [2.24, 2.45) is 17.6 Å². The molecular weight excluding hydrogens is 300 g/mol. The first kappa shape index (κ1) is 18.2. The molecule has 2 saturated heterocycles. The lowest BCUT2D eigenvalue weighted by Gasteiger charge is -2.50. The maximum absolute atomic E-state index is 12.8. The van der Waals surface area contributed by atoms with E-state index < -0.39 is 0 Å². The summed E-state index contributed by atoms with van der Waals surface area (Å²) in [5.74, 6) is 0.811. The van der Waals surface area contributed by atoms with Crippen LogP contribution in [-0.2, 0) is 4.79 Å². The number of likely N-dealkylation sites (tertiary alicyclic amines) is 2. The molecule has 2 aliphatic heterocycles. The van der Waals surface area contributed by atoms with Gasteiger partial charge < -0.3 is 16.0 Å². The van der Waals surface area contributed by atoms with E-state index in [1.165, 1.54) is 45.2 Å². The number of carbonyl (C=O) groups excluding carboxylic acids is 1. The lowest BCUT2D eigenvalue weighted by Crippen LogP contribution is -2.61. The Morgan fingerprint density at radius 2 is 1.79 bits per heavy atom. The van der Waals surface area contributed by atoms with E-state index in [1.54, 1.807) is 0 Å². The van der Waals surface area contributed by atoms with Gasteiger partial charge in [-0.25, -0.2) is 0 Å². The first-order valence-corrected chi connectivity index (χ1v) is 10.1. The third-order valence-corrected chi connectivity index (χ3v) is 6.83. The molecule has 0 spiro atoms. The summed E-state index contributed by atoms with van der Waals surface area (Å²) < 4.78 is 0. The Bertz CT molecular complexity index is 414. The third kappa shape index (κ3) is 3.94. The Kier molecular flexibility index (Phi) is 6.17. The fourth-order valence-electron chi connectivity index (χ4n) is 5.05. The summed E-state index contributed by atoms with van der Waals surface area (Å²) >= 11 is 0. The molecule has 24 heavy (non-hydrogen) atoms. The average molecular weight is 337 g/mol. The molecule has 1 saturated carbocycles. The van der Waals surface area contributed by atoms with Crippen molar-refractivity contribution in [3.8, 4) is 0 Å². The van der Waals surface area contributed by atoms with Crippen LogP contribution in [0.1, 0.15) is 51.4 Å². The lowest BCUT2D eigenvalue weighted by molar-refractivity contribution is -0.127. The number of hydrogen-bond donors (Lipinski definition) is 2. The molecule has 0 radical (unpaired) electrons. The molecule has 0 aromatic heterocycles. The summed E-state index contributed by atoms with van der Waals surface area (Å²) in [5.41, 5.74) is 6.05. The monoisotopic (exact) mass is 336 g/mol. The number of carbonyl (C=O) groups is 1. The predicted octanol–water partition coefficient (Wildman–Crippen LogP) is 1.43. The summed E-state index contributed by atoms with van der Waals surface area (Å²) in [7, 11) is 2.21. The highest BCUT2D eigenvalue weighted by atomic mass is 16.1.